The van der Waals surface area contributed by atoms with E-state index in [4.69, 9.17) is 14.2 Å². The predicted octanol–water partition coefficient (Wildman–Crippen LogP) is 3.66. The molecule has 23 heavy (non-hydrogen) atoms. The zero-order valence-electron chi connectivity index (χ0n) is 14.5. The first-order valence-electron chi connectivity index (χ1n) is 7.69. The number of methoxy groups -OCH3 is 2. The highest BCUT2D eigenvalue weighted by Crippen LogP contribution is 2.27. The molecular weight excluding hydrogens is 296 g/mol. The molecule has 0 saturated carbocycles. The minimum absolute atomic E-state index is 0.100. The Morgan fingerprint density at radius 3 is 2.26 bits per heavy atom. The quantitative estimate of drug-likeness (QED) is 0.540. The van der Waals surface area contributed by atoms with Crippen molar-refractivity contribution in [1.82, 2.24) is 0 Å². The fourth-order valence-electron chi connectivity index (χ4n) is 1.69. The Morgan fingerprint density at radius 1 is 1.04 bits per heavy atom. The van der Waals surface area contributed by atoms with Crippen LogP contribution in [0.1, 0.15) is 39.2 Å². The van der Waals surface area contributed by atoms with Crippen LogP contribution >= 0.6 is 0 Å². The normalized spacial score (nSPS) is 9.78. The Morgan fingerprint density at radius 2 is 1.70 bits per heavy atom. The fraction of sp³-hybridized carbons (Fsp3) is 0.444. The highest BCUT2D eigenvalue weighted by molar-refractivity contribution is 5.95. The van der Waals surface area contributed by atoms with Crippen molar-refractivity contribution >= 4 is 17.8 Å². The Labute approximate surface area is 138 Å². The van der Waals surface area contributed by atoms with E-state index in [0.29, 0.717) is 18.1 Å². The number of carbonyl (C=O) groups is 2. The van der Waals surface area contributed by atoms with Crippen LogP contribution in [0.2, 0.25) is 0 Å². The van der Waals surface area contributed by atoms with Crippen molar-refractivity contribution < 1.29 is 23.8 Å². The molecule has 0 fully saturated rings. The molecule has 0 atom stereocenters. The van der Waals surface area contributed by atoms with E-state index in [1.165, 1.54) is 6.08 Å². The van der Waals surface area contributed by atoms with Gasteiger partial charge in [0.1, 0.15) is 0 Å². The van der Waals surface area contributed by atoms with Crippen LogP contribution in [0.3, 0.4) is 0 Å². The van der Waals surface area contributed by atoms with Gasteiger partial charge in [0.2, 0.25) is 0 Å². The average Bonchev–Trinajstić information content (AvgIpc) is 2.59. The molecule has 1 aromatic rings. The van der Waals surface area contributed by atoms with E-state index in [1.54, 1.807) is 39.4 Å². The third-order valence-corrected chi connectivity index (χ3v) is 2.75. The molecule has 0 amide bonds. The van der Waals surface area contributed by atoms with Crippen LogP contribution in [-0.2, 0) is 14.3 Å². The van der Waals surface area contributed by atoms with Gasteiger partial charge in [-0.3, -0.25) is 9.59 Å². The second-order valence-corrected chi connectivity index (χ2v) is 4.22. The number of rotatable bonds is 8. The van der Waals surface area contributed by atoms with E-state index in [-0.39, 0.29) is 24.6 Å². The summed E-state index contributed by atoms with van der Waals surface area (Å²) in [4.78, 5) is 22.8. The van der Waals surface area contributed by atoms with Crippen LogP contribution in [0, 0.1) is 0 Å². The molecule has 0 spiro atoms. The lowest BCUT2D eigenvalue weighted by Gasteiger charge is -2.07. The third kappa shape index (κ3) is 8.04. The summed E-state index contributed by atoms with van der Waals surface area (Å²) in [6.45, 7) is 6.06. The van der Waals surface area contributed by atoms with Crippen molar-refractivity contribution in [3.8, 4) is 11.5 Å². The van der Waals surface area contributed by atoms with Gasteiger partial charge in [0.05, 0.1) is 27.2 Å². The zero-order valence-corrected chi connectivity index (χ0v) is 14.5. The van der Waals surface area contributed by atoms with E-state index in [1.807, 2.05) is 19.9 Å². The van der Waals surface area contributed by atoms with Gasteiger partial charge < -0.3 is 14.2 Å². The van der Waals surface area contributed by atoms with Gasteiger partial charge in [0, 0.05) is 6.42 Å². The summed E-state index contributed by atoms with van der Waals surface area (Å²) in [7, 11) is 3.11. The molecule has 0 unspecified atom stereocenters. The van der Waals surface area contributed by atoms with E-state index in [0.717, 1.165) is 5.56 Å². The first-order chi connectivity index (χ1) is 11.1. The largest absolute Gasteiger partial charge is 0.493 e. The maximum absolute atomic E-state index is 11.7. The van der Waals surface area contributed by atoms with Crippen LogP contribution in [0.15, 0.2) is 24.3 Å². The molecule has 0 aliphatic heterocycles. The van der Waals surface area contributed by atoms with Gasteiger partial charge >= 0.3 is 5.97 Å². The van der Waals surface area contributed by atoms with E-state index < -0.39 is 0 Å². The Bertz CT molecular complexity index is 520. The minimum Gasteiger partial charge on any atom is -0.493 e. The van der Waals surface area contributed by atoms with Gasteiger partial charge in [-0.2, -0.15) is 0 Å². The maximum Gasteiger partial charge on any atom is 0.306 e. The van der Waals surface area contributed by atoms with Gasteiger partial charge in [-0.15, -0.1) is 0 Å². The standard InChI is InChI=1S/C16H20O5.C2H6/c1-4-21-16(18)10-8-13(17)7-5-12-6-9-14(19-2)15(11-12)20-3;1-2/h5-7,9,11H,4,8,10H2,1-3H3;1-2H3/b7-5+;. The summed E-state index contributed by atoms with van der Waals surface area (Å²) in [6, 6.07) is 5.35. The van der Waals surface area contributed by atoms with Gasteiger partial charge in [-0.25, -0.2) is 0 Å². The molecule has 0 aliphatic rings. The molecule has 0 aromatic heterocycles. The number of hydrogen-bond acceptors (Lipinski definition) is 5. The molecule has 0 radical (unpaired) electrons. The number of allylic oxidation sites excluding steroid dienone is 1. The SMILES string of the molecule is CC.CCOC(=O)CCC(=O)/C=C/c1ccc(OC)c(OC)c1. The first-order valence-corrected chi connectivity index (χ1v) is 7.69. The van der Waals surface area contributed by atoms with Crippen LogP contribution in [-0.4, -0.2) is 32.6 Å². The monoisotopic (exact) mass is 322 g/mol. The number of ether oxygens (including phenoxy) is 3. The van der Waals surface area contributed by atoms with Gasteiger partial charge in [-0.05, 0) is 30.7 Å². The molecular formula is C18H26O5. The molecule has 0 N–H and O–H groups in total. The van der Waals surface area contributed by atoms with Crippen molar-refractivity contribution in [3.05, 3.63) is 29.8 Å². The number of hydrogen-bond donors (Lipinski definition) is 0. The van der Waals surface area contributed by atoms with Crippen molar-refractivity contribution in [3.63, 3.8) is 0 Å². The second kappa shape index (κ2) is 12.3. The topological polar surface area (TPSA) is 61.8 Å². The number of benzene rings is 1. The fourth-order valence-corrected chi connectivity index (χ4v) is 1.69. The third-order valence-electron chi connectivity index (χ3n) is 2.75. The summed E-state index contributed by atoms with van der Waals surface area (Å²) in [5, 5.41) is 0. The smallest absolute Gasteiger partial charge is 0.306 e. The molecule has 1 rings (SSSR count). The molecule has 5 heteroatoms. The summed E-state index contributed by atoms with van der Waals surface area (Å²) in [5.41, 5.74) is 0.817. The molecule has 1 aromatic carbocycles. The van der Waals surface area contributed by atoms with E-state index in [2.05, 4.69) is 0 Å². The zero-order chi connectivity index (χ0) is 17.7. The lowest BCUT2D eigenvalue weighted by Crippen LogP contribution is -2.06. The number of carbonyl (C=O) groups excluding carboxylic acids is 2. The molecule has 0 aliphatic carbocycles. The summed E-state index contributed by atoms with van der Waals surface area (Å²) in [6.07, 6.45) is 3.36. The van der Waals surface area contributed by atoms with Crippen molar-refractivity contribution in [1.29, 1.82) is 0 Å². The Balaban J connectivity index is 0.00000232. The van der Waals surface area contributed by atoms with Gasteiger partial charge in [0.15, 0.2) is 17.3 Å². The lowest BCUT2D eigenvalue weighted by atomic mass is 10.1. The summed E-state index contributed by atoms with van der Waals surface area (Å²) >= 11 is 0. The van der Waals surface area contributed by atoms with Crippen LogP contribution in [0.5, 0.6) is 11.5 Å². The van der Waals surface area contributed by atoms with Crippen LogP contribution in [0.25, 0.3) is 6.08 Å². The van der Waals surface area contributed by atoms with Gasteiger partial charge in [0.25, 0.3) is 0 Å². The molecule has 0 bridgehead atoms. The van der Waals surface area contributed by atoms with Crippen molar-refractivity contribution in [2.24, 2.45) is 0 Å². The maximum atomic E-state index is 11.7. The van der Waals surface area contributed by atoms with Gasteiger partial charge in [-0.1, -0.05) is 26.0 Å². The van der Waals surface area contributed by atoms with Crippen molar-refractivity contribution in [2.75, 3.05) is 20.8 Å². The molecule has 128 valence electrons. The van der Waals surface area contributed by atoms with Crippen LogP contribution in [0.4, 0.5) is 0 Å². The van der Waals surface area contributed by atoms with E-state index in [9.17, 15) is 9.59 Å². The Kier molecular flexibility index (Phi) is 11.0. The molecule has 0 saturated heterocycles. The number of ketones is 1. The second-order valence-electron chi connectivity index (χ2n) is 4.22. The number of esters is 1. The van der Waals surface area contributed by atoms with Crippen LogP contribution < -0.4 is 9.47 Å². The minimum atomic E-state index is -0.356. The Hall–Kier alpha value is -2.30. The summed E-state index contributed by atoms with van der Waals surface area (Å²) in [5.74, 6) is 0.741. The average molecular weight is 322 g/mol. The highest BCUT2D eigenvalue weighted by Gasteiger charge is 2.06. The first kappa shape index (κ1) is 20.7. The summed E-state index contributed by atoms with van der Waals surface area (Å²) < 4.78 is 15.1. The van der Waals surface area contributed by atoms with E-state index >= 15 is 0 Å². The molecule has 0 heterocycles. The van der Waals surface area contributed by atoms with Crippen molar-refractivity contribution in [2.45, 2.75) is 33.6 Å². The molecule has 5 nitrogen and oxygen atoms in total. The highest BCUT2D eigenvalue weighted by atomic mass is 16.5. The predicted molar refractivity (Wildman–Crippen MR) is 90.8 cm³/mol. The lowest BCUT2D eigenvalue weighted by molar-refractivity contribution is -0.144.